The average molecular weight is 499 g/mol. The maximum Gasteiger partial charge on any atom is 0.165 e. The van der Waals surface area contributed by atoms with E-state index in [0.717, 1.165) is 61.5 Å². The first-order valence-corrected chi connectivity index (χ1v) is 13.6. The number of aromatic nitrogens is 1. The third kappa shape index (κ3) is 5.48. The van der Waals surface area contributed by atoms with Crippen molar-refractivity contribution in [3.63, 3.8) is 0 Å². The summed E-state index contributed by atoms with van der Waals surface area (Å²) in [7, 11) is 3.43. The van der Waals surface area contributed by atoms with Crippen LogP contribution in [0, 0.1) is 0 Å². The third-order valence-corrected chi connectivity index (χ3v) is 8.14. The van der Waals surface area contributed by atoms with Crippen LogP contribution in [0.4, 0.5) is 0 Å². The molecule has 5 rings (SSSR count). The fourth-order valence-electron chi connectivity index (χ4n) is 5.35. The molecule has 0 spiro atoms. The van der Waals surface area contributed by atoms with Gasteiger partial charge in [0.05, 0.1) is 31.0 Å². The van der Waals surface area contributed by atoms with Crippen molar-refractivity contribution in [2.45, 2.75) is 37.6 Å². The van der Waals surface area contributed by atoms with Gasteiger partial charge in [0.2, 0.25) is 0 Å². The minimum absolute atomic E-state index is 0.0356. The molecule has 36 heavy (non-hydrogen) atoms. The zero-order valence-corrected chi connectivity index (χ0v) is 21.9. The highest BCUT2D eigenvalue weighted by Crippen LogP contribution is 2.42. The highest BCUT2D eigenvalue weighted by Gasteiger charge is 2.32. The van der Waals surface area contributed by atoms with Gasteiger partial charge in [-0.05, 0) is 55.5 Å². The molecule has 1 aliphatic rings. The van der Waals surface area contributed by atoms with Crippen molar-refractivity contribution < 1.29 is 9.47 Å². The SMILES string of the molecule is COc1cccc(C(c2csc(CCc3ccccc3)n2)N2CCC(c3ccccc3)CC2)c1OC. The lowest BCUT2D eigenvalue weighted by Crippen LogP contribution is -2.37. The molecule has 0 bridgehead atoms. The van der Waals surface area contributed by atoms with Gasteiger partial charge in [0.25, 0.3) is 0 Å². The van der Waals surface area contributed by atoms with Gasteiger partial charge in [-0.3, -0.25) is 4.90 Å². The number of nitrogens with zero attached hydrogens (tertiary/aromatic N) is 2. The van der Waals surface area contributed by atoms with Crippen LogP contribution in [0.25, 0.3) is 0 Å². The molecular formula is C31H34N2O2S. The summed E-state index contributed by atoms with van der Waals surface area (Å²) in [5, 5.41) is 3.42. The zero-order chi connectivity index (χ0) is 24.7. The van der Waals surface area contributed by atoms with Crippen LogP contribution in [0.2, 0.25) is 0 Å². The first-order chi connectivity index (χ1) is 17.8. The van der Waals surface area contributed by atoms with Crippen LogP contribution in [-0.2, 0) is 12.8 Å². The van der Waals surface area contributed by atoms with Crippen molar-refractivity contribution in [1.82, 2.24) is 9.88 Å². The molecule has 5 heteroatoms. The highest BCUT2D eigenvalue weighted by atomic mass is 32.1. The lowest BCUT2D eigenvalue weighted by molar-refractivity contribution is 0.169. The van der Waals surface area contributed by atoms with E-state index in [1.54, 1.807) is 25.6 Å². The van der Waals surface area contributed by atoms with E-state index in [1.807, 2.05) is 6.07 Å². The Labute approximate surface area is 218 Å². The number of rotatable bonds is 9. The van der Waals surface area contributed by atoms with Crippen molar-refractivity contribution in [1.29, 1.82) is 0 Å². The number of benzene rings is 3. The van der Waals surface area contributed by atoms with Gasteiger partial charge in [0.1, 0.15) is 0 Å². The summed E-state index contributed by atoms with van der Waals surface area (Å²) < 4.78 is 11.5. The Morgan fingerprint density at radius 1 is 0.861 bits per heavy atom. The summed E-state index contributed by atoms with van der Waals surface area (Å²) in [6.07, 6.45) is 4.23. The Hall–Kier alpha value is -3.15. The quantitative estimate of drug-likeness (QED) is 0.251. The number of piperidine rings is 1. The molecule has 1 aromatic heterocycles. The predicted octanol–water partition coefficient (Wildman–Crippen LogP) is 6.91. The van der Waals surface area contributed by atoms with Crippen LogP contribution < -0.4 is 9.47 Å². The average Bonchev–Trinajstić information content (AvgIpc) is 3.42. The molecule has 1 aliphatic heterocycles. The first-order valence-electron chi connectivity index (χ1n) is 12.7. The standard InChI is InChI=1S/C31H34N2O2S/c1-34-28-15-9-14-26(31(28)35-2)30(33-20-18-25(19-21-33)24-12-7-4-8-13-24)27-22-36-29(32-27)17-16-23-10-5-3-6-11-23/h3-15,22,25,30H,16-21H2,1-2H3. The summed E-state index contributed by atoms with van der Waals surface area (Å²) in [5.41, 5.74) is 5.02. The Kier molecular flexibility index (Phi) is 7.99. The number of ether oxygens (including phenoxy) is 2. The molecule has 1 unspecified atom stereocenters. The summed E-state index contributed by atoms with van der Waals surface area (Å²) in [6, 6.07) is 27.8. The number of thiazole rings is 1. The molecule has 186 valence electrons. The molecule has 0 amide bonds. The number of aryl methyl sites for hydroxylation is 2. The molecule has 2 heterocycles. The summed E-state index contributed by atoms with van der Waals surface area (Å²) in [6.45, 7) is 2.03. The van der Waals surface area contributed by atoms with E-state index in [0.29, 0.717) is 5.92 Å². The second kappa shape index (κ2) is 11.7. The fraction of sp³-hybridized carbons (Fsp3) is 0.323. The number of para-hydroxylation sites is 1. The van der Waals surface area contributed by atoms with Crippen LogP contribution in [0.3, 0.4) is 0 Å². The van der Waals surface area contributed by atoms with Crippen LogP contribution in [0.15, 0.2) is 84.2 Å². The van der Waals surface area contributed by atoms with Gasteiger partial charge in [-0.2, -0.15) is 0 Å². The molecule has 1 saturated heterocycles. The normalized spacial score (nSPS) is 15.5. The van der Waals surface area contributed by atoms with Gasteiger partial charge < -0.3 is 9.47 Å². The van der Waals surface area contributed by atoms with E-state index in [4.69, 9.17) is 14.5 Å². The van der Waals surface area contributed by atoms with Gasteiger partial charge in [-0.25, -0.2) is 4.98 Å². The summed E-state index contributed by atoms with van der Waals surface area (Å²) in [4.78, 5) is 7.74. The number of likely N-dealkylation sites (tertiary alicyclic amines) is 1. The highest BCUT2D eigenvalue weighted by molar-refractivity contribution is 7.09. The first kappa shape index (κ1) is 24.5. The van der Waals surface area contributed by atoms with Crippen LogP contribution >= 0.6 is 11.3 Å². The minimum atomic E-state index is 0.0356. The van der Waals surface area contributed by atoms with Crippen LogP contribution in [0.5, 0.6) is 11.5 Å². The van der Waals surface area contributed by atoms with Gasteiger partial charge in [0.15, 0.2) is 11.5 Å². The molecule has 4 nitrogen and oxygen atoms in total. The van der Waals surface area contributed by atoms with Gasteiger partial charge in [-0.15, -0.1) is 11.3 Å². The number of methoxy groups -OCH3 is 2. The van der Waals surface area contributed by atoms with E-state index < -0.39 is 0 Å². The van der Waals surface area contributed by atoms with E-state index >= 15 is 0 Å². The van der Waals surface area contributed by atoms with E-state index in [2.05, 4.69) is 83.1 Å². The van der Waals surface area contributed by atoms with Gasteiger partial charge >= 0.3 is 0 Å². The Morgan fingerprint density at radius 2 is 1.58 bits per heavy atom. The Morgan fingerprint density at radius 3 is 2.28 bits per heavy atom. The predicted molar refractivity (Wildman–Crippen MR) is 147 cm³/mol. The smallest absolute Gasteiger partial charge is 0.165 e. The third-order valence-electron chi connectivity index (χ3n) is 7.21. The maximum atomic E-state index is 5.89. The molecule has 0 saturated carbocycles. The second-order valence-corrected chi connectivity index (χ2v) is 10.3. The molecule has 0 radical (unpaired) electrons. The molecule has 0 N–H and O–H groups in total. The molecule has 3 aromatic carbocycles. The Bertz CT molecular complexity index is 1230. The van der Waals surface area contributed by atoms with E-state index in [9.17, 15) is 0 Å². The largest absolute Gasteiger partial charge is 0.493 e. The second-order valence-electron chi connectivity index (χ2n) is 9.36. The molecule has 4 aromatic rings. The van der Waals surface area contributed by atoms with Crippen molar-refractivity contribution in [2.75, 3.05) is 27.3 Å². The monoisotopic (exact) mass is 498 g/mol. The lowest BCUT2D eigenvalue weighted by atomic mass is 9.88. The van der Waals surface area contributed by atoms with Gasteiger partial charge in [-0.1, -0.05) is 72.8 Å². The molecule has 1 atom stereocenters. The van der Waals surface area contributed by atoms with E-state index in [1.165, 1.54) is 16.1 Å². The zero-order valence-electron chi connectivity index (χ0n) is 21.1. The summed E-state index contributed by atoms with van der Waals surface area (Å²) in [5.74, 6) is 2.17. The van der Waals surface area contributed by atoms with E-state index in [-0.39, 0.29) is 6.04 Å². The van der Waals surface area contributed by atoms with Gasteiger partial charge in [0, 0.05) is 17.4 Å². The summed E-state index contributed by atoms with van der Waals surface area (Å²) >= 11 is 1.77. The number of hydrogen-bond donors (Lipinski definition) is 0. The fourth-order valence-corrected chi connectivity index (χ4v) is 6.16. The van der Waals surface area contributed by atoms with Crippen molar-refractivity contribution in [3.05, 3.63) is 112 Å². The maximum absolute atomic E-state index is 5.89. The van der Waals surface area contributed by atoms with Crippen molar-refractivity contribution in [3.8, 4) is 11.5 Å². The van der Waals surface area contributed by atoms with Crippen molar-refractivity contribution in [2.24, 2.45) is 0 Å². The topological polar surface area (TPSA) is 34.6 Å². The molecular weight excluding hydrogens is 464 g/mol. The minimum Gasteiger partial charge on any atom is -0.493 e. The van der Waals surface area contributed by atoms with Crippen LogP contribution in [-0.4, -0.2) is 37.2 Å². The molecule has 1 fully saturated rings. The van der Waals surface area contributed by atoms with Crippen molar-refractivity contribution >= 4 is 11.3 Å². The lowest BCUT2D eigenvalue weighted by Gasteiger charge is -2.38. The molecule has 0 aliphatic carbocycles. The number of hydrogen-bond acceptors (Lipinski definition) is 5. The Balaban J connectivity index is 1.41. The van der Waals surface area contributed by atoms with Crippen LogP contribution in [0.1, 0.15) is 52.2 Å².